The largest absolute Gasteiger partial charge is 0.387 e. The molecule has 0 radical (unpaired) electrons. The minimum Gasteiger partial charge on any atom is -0.387 e. The van der Waals surface area contributed by atoms with Gasteiger partial charge in [-0.1, -0.05) is 36.4 Å². The summed E-state index contributed by atoms with van der Waals surface area (Å²) in [7, 11) is 0. The number of benzene rings is 2. The van der Waals surface area contributed by atoms with Crippen LogP contribution >= 0.6 is 0 Å². The van der Waals surface area contributed by atoms with Crippen LogP contribution in [0.15, 0.2) is 48.5 Å². The summed E-state index contributed by atoms with van der Waals surface area (Å²) in [4.78, 5) is 16.5. The van der Waals surface area contributed by atoms with E-state index in [4.69, 9.17) is 0 Å². The Balaban J connectivity index is 1.41. The Morgan fingerprint density at radius 1 is 1.00 bits per heavy atom. The van der Waals surface area contributed by atoms with Crippen LogP contribution in [0.3, 0.4) is 0 Å². The first-order valence-electron chi connectivity index (χ1n) is 8.69. The molecule has 0 spiro atoms. The van der Waals surface area contributed by atoms with E-state index in [9.17, 15) is 14.3 Å². The molecular weight excluding hydrogens is 319 g/mol. The van der Waals surface area contributed by atoms with Crippen molar-refractivity contribution in [1.29, 1.82) is 0 Å². The number of nitrogens with zero attached hydrogens (tertiary/aromatic N) is 2. The Labute approximate surface area is 146 Å². The Hall–Kier alpha value is -2.24. The lowest BCUT2D eigenvalue weighted by molar-refractivity contribution is 0.0254. The predicted octanol–water partition coefficient (Wildman–Crippen LogP) is 2.24. The molecular formula is C20H21FN2O2. The fraction of sp³-hybridized carbons (Fsp3) is 0.350. The smallest absolute Gasteiger partial charge is 0.256 e. The fourth-order valence-corrected chi connectivity index (χ4v) is 3.94. The Bertz CT molecular complexity index is 787. The summed E-state index contributed by atoms with van der Waals surface area (Å²) in [5, 5.41) is 10.6. The van der Waals surface area contributed by atoms with Crippen molar-refractivity contribution < 1.29 is 14.3 Å². The van der Waals surface area contributed by atoms with Gasteiger partial charge in [0.05, 0.1) is 11.7 Å². The zero-order valence-electron chi connectivity index (χ0n) is 13.9. The van der Waals surface area contributed by atoms with Crippen LogP contribution in [0, 0.1) is 5.82 Å². The Morgan fingerprint density at radius 3 is 2.40 bits per heavy atom. The van der Waals surface area contributed by atoms with E-state index < -0.39 is 11.9 Å². The molecule has 1 heterocycles. The monoisotopic (exact) mass is 340 g/mol. The summed E-state index contributed by atoms with van der Waals surface area (Å²) in [6.45, 7) is 2.48. The maximum atomic E-state index is 13.8. The molecule has 0 saturated carbocycles. The molecule has 1 N–H and O–H groups in total. The molecule has 0 unspecified atom stereocenters. The predicted molar refractivity (Wildman–Crippen MR) is 92.8 cm³/mol. The lowest BCUT2D eigenvalue weighted by atomic mass is 10.1. The van der Waals surface area contributed by atoms with Crippen molar-refractivity contribution in [3.8, 4) is 0 Å². The van der Waals surface area contributed by atoms with E-state index in [0.29, 0.717) is 26.2 Å². The number of hydrogen-bond acceptors (Lipinski definition) is 3. The summed E-state index contributed by atoms with van der Waals surface area (Å²) >= 11 is 0. The molecule has 4 rings (SSSR count). The summed E-state index contributed by atoms with van der Waals surface area (Å²) in [6.07, 6.45) is 0.350. The standard InChI is InChI=1S/C20H21FN2O2/c21-17-8-4-3-7-16(17)20(25)23-11-9-22(10-12-23)18-13-14-5-1-2-6-15(14)19(18)24/h1-8,18-19,24H,9-13H2/t18-,19-/m1/s1. The molecule has 1 aliphatic heterocycles. The summed E-state index contributed by atoms with van der Waals surface area (Å²) in [6, 6.07) is 14.2. The number of fused-ring (bicyclic) bond motifs is 1. The molecule has 25 heavy (non-hydrogen) atoms. The number of piperazine rings is 1. The van der Waals surface area contributed by atoms with Crippen LogP contribution in [0.1, 0.15) is 27.6 Å². The van der Waals surface area contributed by atoms with Crippen LogP contribution < -0.4 is 0 Å². The van der Waals surface area contributed by atoms with Crippen molar-refractivity contribution in [2.24, 2.45) is 0 Å². The topological polar surface area (TPSA) is 43.8 Å². The highest BCUT2D eigenvalue weighted by Crippen LogP contribution is 2.34. The van der Waals surface area contributed by atoms with Gasteiger partial charge in [-0.2, -0.15) is 0 Å². The third-order valence-electron chi connectivity index (χ3n) is 5.34. The van der Waals surface area contributed by atoms with Gasteiger partial charge in [-0.25, -0.2) is 4.39 Å². The van der Waals surface area contributed by atoms with Crippen LogP contribution in [-0.4, -0.2) is 53.0 Å². The second-order valence-electron chi connectivity index (χ2n) is 6.72. The highest BCUT2D eigenvalue weighted by atomic mass is 19.1. The van der Waals surface area contributed by atoms with Crippen LogP contribution in [0.4, 0.5) is 4.39 Å². The normalized spacial score (nSPS) is 23.5. The molecule has 0 bridgehead atoms. The van der Waals surface area contributed by atoms with Gasteiger partial charge in [0.15, 0.2) is 0 Å². The molecule has 5 heteroatoms. The average molecular weight is 340 g/mol. The first-order valence-corrected chi connectivity index (χ1v) is 8.69. The van der Waals surface area contributed by atoms with E-state index >= 15 is 0 Å². The van der Waals surface area contributed by atoms with Crippen molar-refractivity contribution in [3.05, 3.63) is 71.0 Å². The molecule has 0 aromatic heterocycles. The van der Waals surface area contributed by atoms with E-state index in [1.165, 1.54) is 17.7 Å². The molecule has 130 valence electrons. The van der Waals surface area contributed by atoms with E-state index in [-0.39, 0.29) is 17.5 Å². The van der Waals surface area contributed by atoms with Gasteiger partial charge in [0.2, 0.25) is 0 Å². The first kappa shape index (κ1) is 16.2. The second-order valence-corrected chi connectivity index (χ2v) is 6.72. The number of halogens is 1. The highest BCUT2D eigenvalue weighted by molar-refractivity contribution is 5.94. The molecule has 1 aliphatic carbocycles. The van der Waals surface area contributed by atoms with E-state index in [0.717, 1.165) is 12.0 Å². The van der Waals surface area contributed by atoms with Gasteiger partial charge in [-0.15, -0.1) is 0 Å². The number of carbonyl (C=O) groups excluding carboxylic acids is 1. The number of aliphatic hydroxyl groups excluding tert-OH is 1. The number of amides is 1. The SMILES string of the molecule is O=C(c1ccccc1F)N1CCN([C@@H]2Cc3ccccc3[C@H]2O)CC1. The molecule has 4 nitrogen and oxygen atoms in total. The summed E-state index contributed by atoms with van der Waals surface area (Å²) in [5.41, 5.74) is 2.34. The van der Waals surface area contributed by atoms with Gasteiger partial charge in [-0.3, -0.25) is 9.69 Å². The number of carbonyl (C=O) groups is 1. The van der Waals surface area contributed by atoms with Gasteiger partial charge < -0.3 is 10.0 Å². The Morgan fingerprint density at radius 2 is 1.68 bits per heavy atom. The van der Waals surface area contributed by atoms with Crippen molar-refractivity contribution in [3.63, 3.8) is 0 Å². The van der Waals surface area contributed by atoms with Crippen molar-refractivity contribution in [2.45, 2.75) is 18.6 Å². The van der Waals surface area contributed by atoms with Gasteiger partial charge >= 0.3 is 0 Å². The highest BCUT2D eigenvalue weighted by Gasteiger charge is 2.36. The fourth-order valence-electron chi connectivity index (χ4n) is 3.94. The van der Waals surface area contributed by atoms with Crippen molar-refractivity contribution in [1.82, 2.24) is 9.80 Å². The van der Waals surface area contributed by atoms with Crippen LogP contribution in [0.2, 0.25) is 0 Å². The minimum atomic E-state index is -0.481. The third-order valence-corrected chi connectivity index (χ3v) is 5.34. The zero-order valence-corrected chi connectivity index (χ0v) is 13.9. The summed E-state index contributed by atoms with van der Waals surface area (Å²) < 4.78 is 13.8. The van der Waals surface area contributed by atoms with E-state index in [2.05, 4.69) is 11.0 Å². The first-order chi connectivity index (χ1) is 12.1. The zero-order chi connectivity index (χ0) is 17.4. The third kappa shape index (κ3) is 2.94. The molecule has 2 aliphatic rings. The summed E-state index contributed by atoms with van der Waals surface area (Å²) in [5.74, 6) is -0.732. The molecule has 1 fully saturated rings. The van der Waals surface area contributed by atoms with Crippen LogP contribution in [0.25, 0.3) is 0 Å². The van der Waals surface area contributed by atoms with Gasteiger partial charge in [0.25, 0.3) is 5.91 Å². The quantitative estimate of drug-likeness (QED) is 0.912. The maximum absolute atomic E-state index is 13.8. The number of rotatable bonds is 2. The number of aliphatic hydroxyl groups is 1. The van der Waals surface area contributed by atoms with Gasteiger partial charge in [-0.05, 0) is 29.7 Å². The second kappa shape index (κ2) is 6.58. The maximum Gasteiger partial charge on any atom is 0.256 e. The van der Waals surface area contributed by atoms with E-state index in [1.807, 2.05) is 18.2 Å². The molecule has 1 amide bonds. The van der Waals surface area contributed by atoms with Gasteiger partial charge in [0.1, 0.15) is 5.82 Å². The lowest BCUT2D eigenvalue weighted by Crippen LogP contribution is -2.53. The molecule has 2 aromatic rings. The molecule has 1 saturated heterocycles. The van der Waals surface area contributed by atoms with Crippen molar-refractivity contribution >= 4 is 5.91 Å². The molecule has 2 atom stereocenters. The van der Waals surface area contributed by atoms with Crippen LogP contribution in [0.5, 0.6) is 0 Å². The molecule has 2 aromatic carbocycles. The lowest BCUT2D eigenvalue weighted by Gasteiger charge is -2.39. The van der Waals surface area contributed by atoms with Gasteiger partial charge in [0, 0.05) is 32.2 Å². The van der Waals surface area contributed by atoms with E-state index in [1.54, 1.807) is 17.0 Å². The number of hydrogen-bond donors (Lipinski definition) is 1. The van der Waals surface area contributed by atoms with Crippen molar-refractivity contribution in [2.75, 3.05) is 26.2 Å². The Kier molecular flexibility index (Phi) is 4.27. The average Bonchev–Trinajstić information content (AvgIpc) is 2.99. The minimum absolute atomic E-state index is 0.0584. The van der Waals surface area contributed by atoms with Crippen LogP contribution in [-0.2, 0) is 6.42 Å².